The molecule has 1 aromatic carbocycles. The van der Waals surface area contributed by atoms with Gasteiger partial charge < -0.3 is 0 Å². The van der Waals surface area contributed by atoms with Crippen molar-refractivity contribution < 1.29 is 8.78 Å². The molecule has 0 unspecified atom stereocenters. The van der Waals surface area contributed by atoms with Gasteiger partial charge in [0, 0.05) is 0 Å². The van der Waals surface area contributed by atoms with E-state index in [-0.39, 0.29) is 5.41 Å². The van der Waals surface area contributed by atoms with E-state index in [1.807, 2.05) is 6.07 Å². The zero-order valence-corrected chi connectivity index (χ0v) is 13.6. The quantitative estimate of drug-likeness (QED) is 0.543. The predicted molar refractivity (Wildman–Crippen MR) is 89.0 cm³/mol. The van der Waals surface area contributed by atoms with Gasteiger partial charge in [-0.15, -0.1) is 13.2 Å². The lowest BCUT2D eigenvalue weighted by Crippen LogP contribution is -2.38. The summed E-state index contributed by atoms with van der Waals surface area (Å²) in [6.07, 6.45) is 12.5. The molecule has 0 radical (unpaired) electrons. The summed E-state index contributed by atoms with van der Waals surface area (Å²) in [7, 11) is 0. The van der Waals surface area contributed by atoms with Crippen molar-refractivity contribution in [1.82, 2.24) is 0 Å². The van der Waals surface area contributed by atoms with Crippen LogP contribution >= 0.6 is 0 Å². The Morgan fingerprint density at radius 2 is 1.41 bits per heavy atom. The smallest absolute Gasteiger partial charge is 0.159 e. The minimum absolute atomic E-state index is 0.118. The van der Waals surface area contributed by atoms with E-state index in [1.54, 1.807) is 0 Å². The maximum absolute atomic E-state index is 13.7. The largest absolute Gasteiger partial charge is 0.204 e. The molecule has 122 valence electrons. The van der Waals surface area contributed by atoms with Crippen LogP contribution < -0.4 is 0 Å². The highest BCUT2D eigenvalue weighted by Gasteiger charge is 2.41. The fourth-order valence-electron chi connectivity index (χ4n) is 4.58. The van der Waals surface area contributed by atoms with Crippen molar-refractivity contribution in [2.24, 2.45) is 5.92 Å². The molecule has 3 rings (SSSR count). The second-order valence-corrected chi connectivity index (χ2v) is 6.68. The van der Waals surface area contributed by atoms with Crippen LogP contribution in [0.15, 0.2) is 31.4 Å². The lowest BCUT2D eigenvalue weighted by atomic mass is 9.58. The molecular formula is C20H28F2. The molecule has 0 heterocycles. The number of hydrogen-bond donors (Lipinski definition) is 0. The summed E-state index contributed by atoms with van der Waals surface area (Å²) in [6.45, 7) is 6.00. The lowest BCUT2D eigenvalue weighted by molar-refractivity contribution is 0.147. The molecule has 0 amide bonds. The van der Waals surface area contributed by atoms with Crippen LogP contribution in [0.5, 0.6) is 0 Å². The monoisotopic (exact) mass is 306 g/mol. The summed E-state index contributed by atoms with van der Waals surface area (Å²) in [5.74, 6) is -0.729. The normalized spacial score (nSPS) is 21.7. The maximum atomic E-state index is 13.7. The summed E-state index contributed by atoms with van der Waals surface area (Å²) < 4.78 is 27.0. The van der Waals surface area contributed by atoms with Crippen LogP contribution in [0, 0.1) is 17.6 Å². The molecule has 22 heavy (non-hydrogen) atoms. The number of benzene rings is 1. The van der Waals surface area contributed by atoms with Gasteiger partial charge in [-0.05, 0) is 54.7 Å². The molecule has 2 aliphatic rings. The second kappa shape index (κ2) is 7.89. The van der Waals surface area contributed by atoms with Crippen molar-refractivity contribution in [1.29, 1.82) is 0 Å². The van der Waals surface area contributed by atoms with Crippen molar-refractivity contribution in [2.45, 2.75) is 69.6 Å². The van der Waals surface area contributed by atoms with E-state index in [0.717, 1.165) is 18.4 Å². The van der Waals surface area contributed by atoms with E-state index in [0.29, 0.717) is 5.92 Å². The molecule has 0 aromatic heterocycles. The Labute approximate surface area is 133 Å². The van der Waals surface area contributed by atoms with Crippen LogP contribution in [0.25, 0.3) is 0 Å². The molecule has 0 nitrogen and oxygen atoms in total. The zero-order valence-electron chi connectivity index (χ0n) is 13.6. The lowest BCUT2D eigenvalue weighted by Gasteiger charge is -2.46. The number of hydrogen-bond acceptors (Lipinski definition) is 0. The standard InChI is InChI=1S/C18H24F2.C2H4/c19-16-10-9-15(13-17(16)20)18(11-5-2-6-12-18)14-7-3-1-4-8-14;1-2/h9-10,13-14H,1-8,11-12H2;1-2H2. The Kier molecular flexibility index (Phi) is 6.16. The zero-order chi connectivity index (χ0) is 16.0. The summed E-state index contributed by atoms with van der Waals surface area (Å²) >= 11 is 0. The molecule has 1 aromatic rings. The van der Waals surface area contributed by atoms with Gasteiger partial charge >= 0.3 is 0 Å². The minimum Gasteiger partial charge on any atom is -0.204 e. The third-order valence-corrected chi connectivity index (χ3v) is 5.63. The van der Waals surface area contributed by atoms with Gasteiger partial charge in [0.05, 0.1) is 0 Å². The van der Waals surface area contributed by atoms with E-state index in [1.165, 1.54) is 63.5 Å². The van der Waals surface area contributed by atoms with Gasteiger partial charge in [-0.3, -0.25) is 0 Å². The van der Waals surface area contributed by atoms with Crippen molar-refractivity contribution in [3.8, 4) is 0 Å². The fourth-order valence-corrected chi connectivity index (χ4v) is 4.58. The molecule has 0 atom stereocenters. The Morgan fingerprint density at radius 3 is 2.00 bits per heavy atom. The summed E-state index contributed by atoms with van der Waals surface area (Å²) in [5, 5.41) is 0. The Balaban J connectivity index is 0.000000847. The van der Waals surface area contributed by atoms with Gasteiger partial charge in [0.25, 0.3) is 0 Å². The number of halogens is 2. The van der Waals surface area contributed by atoms with Crippen LogP contribution in [-0.2, 0) is 5.41 Å². The molecule has 0 spiro atoms. The van der Waals surface area contributed by atoms with E-state index >= 15 is 0 Å². The highest BCUT2D eigenvalue weighted by atomic mass is 19.2. The third-order valence-electron chi connectivity index (χ3n) is 5.63. The van der Waals surface area contributed by atoms with Crippen LogP contribution in [-0.4, -0.2) is 0 Å². The van der Waals surface area contributed by atoms with Crippen molar-refractivity contribution in [3.63, 3.8) is 0 Å². The molecule has 0 bridgehead atoms. The number of rotatable bonds is 2. The summed E-state index contributed by atoms with van der Waals surface area (Å²) in [4.78, 5) is 0. The van der Waals surface area contributed by atoms with Gasteiger partial charge in [0.1, 0.15) is 0 Å². The van der Waals surface area contributed by atoms with Crippen LogP contribution in [0.1, 0.15) is 69.8 Å². The average molecular weight is 306 g/mol. The van der Waals surface area contributed by atoms with Crippen molar-refractivity contribution >= 4 is 0 Å². The minimum atomic E-state index is -0.719. The van der Waals surface area contributed by atoms with Gasteiger partial charge in [-0.1, -0.05) is 44.6 Å². The average Bonchev–Trinajstić information content (AvgIpc) is 2.60. The first-order valence-electron chi connectivity index (χ1n) is 8.68. The first-order chi connectivity index (χ1) is 10.7. The molecule has 0 aliphatic heterocycles. The van der Waals surface area contributed by atoms with E-state index in [9.17, 15) is 8.78 Å². The van der Waals surface area contributed by atoms with Gasteiger partial charge in [0.2, 0.25) is 0 Å². The summed E-state index contributed by atoms with van der Waals surface area (Å²) in [5.41, 5.74) is 1.18. The Bertz CT molecular complexity index is 469. The molecule has 2 heteroatoms. The van der Waals surface area contributed by atoms with Gasteiger partial charge in [-0.25, -0.2) is 8.78 Å². The predicted octanol–water partition coefficient (Wildman–Crippen LogP) is 6.55. The van der Waals surface area contributed by atoms with E-state index < -0.39 is 11.6 Å². The van der Waals surface area contributed by atoms with Crippen LogP contribution in [0.3, 0.4) is 0 Å². The van der Waals surface area contributed by atoms with Gasteiger partial charge in [-0.2, -0.15) is 0 Å². The van der Waals surface area contributed by atoms with Crippen LogP contribution in [0.4, 0.5) is 8.78 Å². The van der Waals surface area contributed by atoms with Crippen LogP contribution in [0.2, 0.25) is 0 Å². The maximum Gasteiger partial charge on any atom is 0.159 e. The fraction of sp³-hybridized carbons (Fsp3) is 0.600. The van der Waals surface area contributed by atoms with Crippen molar-refractivity contribution in [2.75, 3.05) is 0 Å². The topological polar surface area (TPSA) is 0 Å². The first-order valence-corrected chi connectivity index (χ1v) is 8.68. The molecule has 0 N–H and O–H groups in total. The Hall–Kier alpha value is -1.18. The van der Waals surface area contributed by atoms with Crippen molar-refractivity contribution in [3.05, 3.63) is 48.6 Å². The molecule has 2 fully saturated rings. The first kappa shape index (κ1) is 17.2. The highest BCUT2D eigenvalue weighted by molar-refractivity contribution is 5.29. The highest BCUT2D eigenvalue weighted by Crippen LogP contribution is 2.50. The van der Waals surface area contributed by atoms with E-state index in [2.05, 4.69) is 13.2 Å². The van der Waals surface area contributed by atoms with E-state index in [4.69, 9.17) is 0 Å². The molecule has 2 aliphatic carbocycles. The van der Waals surface area contributed by atoms with Gasteiger partial charge in [0.15, 0.2) is 11.6 Å². The molecule has 2 saturated carbocycles. The third kappa shape index (κ3) is 3.42. The summed E-state index contributed by atoms with van der Waals surface area (Å²) in [6, 6.07) is 4.65. The Morgan fingerprint density at radius 1 is 0.818 bits per heavy atom. The molecular weight excluding hydrogens is 278 g/mol. The second-order valence-electron chi connectivity index (χ2n) is 6.68. The SMILES string of the molecule is C=C.Fc1ccc(C2(C3CCCCC3)CCCCC2)cc1F. The molecule has 0 saturated heterocycles.